The number of hydrogen-bond donors (Lipinski definition) is 3. The quantitative estimate of drug-likeness (QED) is 0.296. The predicted molar refractivity (Wildman–Crippen MR) is 141 cm³/mol. The summed E-state index contributed by atoms with van der Waals surface area (Å²) in [5, 5.41) is 10.5. The number of aromatic nitrogens is 4. The number of pyridine rings is 2. The van der Waals surface area contributed by atoms with Crippen molar-refractivity contribution in [2.75, 3.05) is 18.8 Å². The highest BCUT2D eigenvalue weighted by molar-refractivity contribution is 5.84. The minimum absolute atomic E-state index is 0.449. The molecule has 0 atom stereocenters. The van der Waals surface area contributed by atoms with Crippen LogP contribution in [0.3, 0.4) is 0 Å². The molecule has 11 heteroatoms. The Hall–Kier alpha value is -4.77. The number of rotatable bonds is 4. The monoisotopic (exact) mass is 532 g/mol. The van der Waals surface area contributed by atoms with Gasteiger partial charge in [-0.2, -0.15) is 13.2 Å². The van der Waals surface area contributed by atoms with Crippen LogP contribution >= 0.6 is 0 Å². The minimum Gasteiger partial charge on any atom is -0.475 e. The number of alkyl halides is 3. The molecule has 8 nitrogen and oxygen atoms in total. The fourth-order valence-electron chi connectivity index (χ4n) is 4.18. The molecule has 1 fully saturated rings. The molecule has 0 amide bonds. The summed E-state index contributed by atoms with van der Waals surface area (Å²) in [6.45, 7) is 2.07. The van der Waals surface area contributed by atoms with Gasteiger partial charge in [0.25, 0.3) is 0 Å². The number of carbonyl (C=O) groups is 1. The van der Waals surface area contributed by atoms with Crippen molar-refractivity contribution >= 4 is 23.0 Å². The number of fused-ring (bicyclic) bond motifs is 1. The molecule has 0 bridgehead atoms. The number of anilines is 1. The molecule has 3 aromatic heterocycles. The van der Waals surface area contributed by atoms with Gasteiger partial charge in [-0.05, 0) is 42.0 Å². The first kappa shape index (κ1) is 25.9. The van der Waals surface area contributed by atoms with Gasteiger partial charge in [-0.25, -0.2) is 19.7 Å². The molecular formula is C28H23F3N6O2. The molecule has 0 radical (unpaired) electrons. The first-order valence-electron chi connectivity index (χ1n) is 12.0. The van der Waals surface area contributed by atoms with E-state index in [1.807, 2.05) is 42.5 Å². The summed E-state index contributed by atoms with van der Waals surface area (Å²) in [5.41, 5.74) is 13.0. The van der Waals surface area contributed by atoms with E-state index in [2.05, 4.69) is 51.3 Å². The van der Waals surface area contributed by atoms with Gasteiger partial charge in [-0.1, -0.05) is 42.5 Å². The van der Waals surface area contributed by atoms with Crippen LogP contribution in [0.25, 0.3) is 39.5 Å². The molecule has 5 aromatic rings. The summed E-state index contributed by atoms with van der Waals surface area (Å²) in [6, 6.07) is 26.7. The van der Waals surface area contributed by atoms with Crippen LogP contribution in [0, 0.1) is 0 Å². The second-order valence-electron chi connectivity index (χ2n) is 8.86. The standard InChI is InChI=1S/C26H22N6.C2HF3O2/c27-24-21(7-4-14-29-24)25-31-23-13-12-22(18-5-2-1-3-6-18)30-26(23)32(25)20-10-8-17(9-11-20)19-15-28-16-19;3-2(4,5)1(6)7/h1-14,19,28H,15-16H2,(H2,27,29);(H,6,7). The lowest BCUT2D eigenvalue weighted by molar-refractivity contribution is -0.192. The molecular weight excluding hydrogens is 509 g/mol. The van der Waals surface area contributed by atoms with Gasteiger partial charge in [0.15, 0.2) is 11.5 Å². The lowest BCUT2D eigenvalue weighted by atomic mass is 9.94. The van der Waals surface area contributed by atoms with E-state index >= 15 is 0 Å². The van der Waals surface area contributed by atoms with Crippen LogP contribution in [-0.2, 0) is 4.79 Å². The van der Waals surface area contributed by atoms with Gasteiger partial charge in [-0.3, -0.25) is 4.57 Å². The predicted octanol–water partition coefficient (Wildman–Crippen LogP) is 5.05. The first-order chi connectivity index (χ1) is 18.7. The molecule has 2 aromatic carbocycles. The number of nitrogens with two attached hydrogens (primary N) is 1. The lowest BCUT2D eigenvalue weighted by Gasteiger charge is -2.27. The fraction of sp³-hybridized carbons (Fsp3) is 0.143. The van der Waals surface area contributed by atoms with Gasteiger partial charge in [0.1, 0.15) is 11.3 Å². The molecule has 4 N–H and O–H groups in total. The van der Waals surface area contributed by atoms with Crippen LogP contribution in [0.15, 0.2) is 85.1 Å². The molecule has 1 aliphatic rings. The average molecular weight is 533 g/mol. The number of nitrogens with zero attached hydrogens (tertiary/aromatic N) is 4. The number of benzene rings is 2. The maximum absolute atomic E-state index is 10.6. The van der Waals surface area contributed by atoms with Gasteiger partial charge < -0.3 is 16.2 Å². The Morgan fingerprint density at radius 2 is 1.64 bits per heavy atom. The molecule has 0 saturated carbocycles. The zero-order valence-corrected chi connectivity index (χ0v) is 20.4. The summed E-state index contributed by atoms with van der Waals surface area (Å²) in [5.74, 6) is -0.988. The second-order valence-corrected chi connectivity index (χ2v) is 8.86. The van der Waals surface area contributed by atoms with Gasteiger partial charge in [0, 0.05) is 36.5 Å². The van der Waals surface area contributed by atoms with Gasteiger partial charge >= 0.3 is 12.1 Å². The van der Waals surface area contributed by atoms with E-state index in [0.717, 1.165) is 52.6 Å². The summed E-state index contributed by atoms with van der Waals surface area (Å²) >= 11 is 0. The van der Waals surface area contributed by atoms with Crippen molar-refractivity contribution in [2.24, 2.45) is 0 Å². The Balaban J connectivity index is 0.000000392. The van der Waals surface area contributed by atoms with E-state index in [4.69, 9.17) is 25.6 Å². The van der Waals surface area contributed by atoms with E-state index in [1.54, 1.807) is 6.20 Å². The molecule has 6 rings (SSSR count). The van der Waals surface area contributed by atoms with E-state index in [9.17, 15) is 13.2 Å². The highest BCUT2D eigenvalue weighted by Crippen LogP contribution is 2.32. The molecule has 4 heterocycles. The van der Waals surface area contributed by atoms with Crippen molar-refractivity contribution in [1.82, 2.24) is 24.8 Å². The zero-order valence-electron chi connectivity index (χ0n) is 20.4. The fourth-order valence-corrected chi connectivity index (χ4v) is 4.18. The van der Waals surface area contributed by atoms with Crippen molar-refractivity contribution in [3.8, 4) is 28.3 Å². The Morgan fingerprint density at radius 3 is 2.23 bits per heavy atom. The molecule has 0 unspecified atom stereocenters. The number of nitrogens with one attached hydrogen (secondary N) is 1. The third kappa shape index (κ3) is 5.43. The van der Waals surface area contributed by atoms with Gasteiger partial charge in [0.2, 0.25) is 0 Å². The van der Waals surface area contributed by atoms with E-state index in [0.29, 0.717) is 11.7 Å². The summed E-state index contributed by atoms with van der Waals surface area (Å²) < 4.78 is 33.8. The second kappa shape index (κ2) is 10.5. The van der Waals surface area contributed by atoms with Crippen molar-refractivity contribution in [3.05, 3.63) is 90.6 Å². The number of imidazole rings is 1. The number of nitrogen functional groups attached to an aromatic ring is 1. The molecule has 1 aliphatic heterocycles. The number of carboxylic acid groups (broad SMARTS) is 1. The maximum atomic E-state index is 10.6. The van der Waals surface area contributed by atoms with Crippen molar-refractivity contribution < 1.29 is 23.1 Å². The Kier molecular flexibility index (Phi) is 6.99. The minimum atomic E-state index is -5.08. The summed E-state index contributed by atoms with van der Waals surface area (Å²) in [4.78, 5) is 23.1. The van der Waals surface area contributed by atoms with E-state index < -0.39 is 12.1 Å². The molecule has 0 aliphatic carbocycles. The van der Waals surface area contributed by atoms with E-state index in [-0.39, 0.29) is 0 Å². The zero-order chi connectivity index (χ0) is 27.6. The third-order valence-electron chi connectivity index (χ3n) is 6.30. The van der Waals surface area contributed by atoms with Crippen LogP contribution in [-0.4, -0.2) is 49.9 Å². The number of aliphatic carboxylic acids is 1. The molecule has 0 spiro atoms. The highest BCUT2D eigenvalue weighted by Gasteiger charge is 2.38. The SMILES string of the molecule is Nc1ncccc1-c1nc2ccc(-c3ccccc3)nc2n1-c1ccc(C2CNC2)cc1.O=C(O)C(F)(F)F. The van der Waals surface area contributed by atoms with Crippen LogP contribution < -0.4 is 11.1 Å². The van der Waals surface area contributed by atoms with Crippen molar-refractivity contribution in [3.63, 3.8) is 0 Å². The summed E-state index contributed by atoms with van der Waals surface area (Å²) in [6.07, 6.45) is -3.39. The van der Waals surface area contributed by atoms with E-state index in [1.165, 1.54) is 5.56 Å². The summed E-state index contributed by atoms with van der Waals surface area (Å²) in [7, 11) is 0. The normalized spacial score (nSPS) is 13.4. The van der Waals surface area contributed by atoms with Crippen LogP contribution in [0.5, 0.6) is 0 Å². The lowest BCUT2D eigenvalue weighted by Crippen LogP contribution is -2.39. The first-order valence-corrected chi connectivity index (χ1v) is 12.0. The van der Waals surface area contributed by atoms with Crippen LogP contribution in [0.4, 0.5) is 19.0 Å². The molecule has 1 saturated heterocycles. The van der Waals surface area contributed by atoms with Gasteiger partial charge in [0.05, 0.1) is 11.3 Å². The maximum Gasteiger partial charge on any atom is 0.490 e. The topological polar surface area (TPSA) is 119 Å². The average Bonchev–Trinajstić information content (AvgIpc) is 3.27. The van der Waals surface area contributed by atoms with Crippen LogP contribution in [0.1, 0.15) is 11.5 Å². The number of carboxylic acids is 1. The van der Waals surface area contributed by atoms with Gasteiger partial charge in [-0.15, -0.1) is 0 Å². The largest absolute Gasteiger partial charge is 0.490 e. The molecule has 39 heavy (non-hydrogen) atoms. The third-order valence-corrected chi connectivity index (χ3v) is 6.30. The smallest absolute Gasteiger partial charge is 0.475 e. The van der Waals surface area contributed by atoms with Crippen molar-refractivity contribution in [2.45, 2.75) is 12.1 Å². The Bertz CT molecular complexity index is 1610. The number of halogens is 3. The van der Waals surface area contributed by atoms with Crippen molar-refractivity contribution in [1.29, 1.82) is 0 Å². The highest BCUT2D eigenvalue weighted by atomic mass is 19.4. The molecule has 198 valence electrons. The van der Waals surface area contributed by atoms with Crippen LogP contribution in [0.2, 0.25) is 0 Å². The Labute approximate surface area is 221 Å². The number of hydrogen-bond acceptors (Lipinski definition) is 6. The Morgan fingerprint density at radius 1 is 0.949 bits per heavy atom.